The van der Waals surface area contributed by atoms with Crippen LogP contribution in [0.4, 0.5) is 0 Å². The topological polar surface area (TPSA) is 52.3 Å². The zero-order chi connectivity index (χ0) is 11.5. The summed E-state index contributed by atoms with van der Waals surface area (Å²) in [6.07, 6.45) is 4.69. The van der Waals surface area contributed by atoms with E-state index in [-0.39, 0.29) is 5.97 Å². The van der Waals surface area contributed by atoms with E-state index in [9.17, 15) is 4.79 Å². The lowest BCUT2D eigenvalue weighted by Crippen LogP contribution is -2.30. The Labute approximate surface area is 95.6 Å². The Balaban J connectivity index is 2.14. The second kappa shape index (κ2) is 4.66. The van der Waals surface area contributed by atoms with Crippen molar-refractivity contribution in [2.45, 2.75) is 38.6 Å². The van der Waals surface area contributed by atoms with Crippen LogP contribution >= 0.6 is 0 Å². The summed E-state index contributed by atoms with van der Waals surface area (Å²) in [6.45, 7) is 1.63. The lowest BCUT2D eigenvalue weighted by molar-refractivity contribution is -0.135. The molecule has 1 aliphatic rings. The molecule has 2 N–H and O–H groups in total. The first kappa shape index (κ1) is 11.1. The van der Waals surface area contributed by atoms with E-state index in [0.717, 1.165) is 12.8 Å². The monoisotopic (exact) mass is 219 g/mol. The molecule has 1 atom stereocenters. The van der Waals surface area contributed by atoms with E-state index in [1.807, 2.05) is 12.1 Å². The second-order valence-electron chi connectivity index (χ2n) is 4.35. The van der Waals surface area contributed by atoms with Crippen LogP contribution in [-0.2, 0) is 17.6 Å². The largest absolute Gasteiger partial charge is 0.425 e. The number of rotatable bonds is 2. The van der Waals surface area contributed by atoms with Gasteiger partial charge in [0, 0.05) is 0 Å². The van der Waals surface area contributed by atoms with Gasteiger partial charge in [-0.25, -0.2) is 4.79 Å². The zero-order valence-corrected chi connectivity index (χ0v) is 9.53. The van der Waals surface area contributed by atoms with Crippen LogP contribution < -0.4 is 10.5 Å². The normalized spacial score (nSPS) is 16.4. The fraction of sp³-hybridized carbons (Fsp3) is 0.462. The summed E-state index contributed by atoms with van der Waals surface area (Å²) >= 11 is 0. The minimum absolute atomic E-state index is 0.379. The molecular weight excluding hydrogens is 202 g/mol. The second-order valence-corrected chi connectivity index (χ2v) is 4.35. The van der Waals surface area contributed by atoms with E-state index in [2.05, 4.69) is 6.07 Å². The smallest absolute Gasteiger partial charge is 0.328 e. The summed E-state index contributed by atoms with van der Waals surface area (Å²) < 4.78 is 5.18. The van der Waals surface area contributed by atoms with Crippen LogP contribution in [0.2, 0.25) is 0 Å². The molecule has 0 unspecified atom stereocenters. The zero-order valence-electron chi connectivity index (χ0n) is 9.53. The van der Waals surface area contributed by atoms with Gasteiger partial charge in [-0.15, -0.1) is 0 Å². The van der Waals surface area contributed by atoms with Crippen LogP contribution in [0.5, 0.6) is 5.75 Å². The van der Waals surface area contributed by atoms with Gasteiger partial charge >= 0.3 is 5.97 Å². The lowest BCUT2D eigenvalue weighted by atomic mass is 9.92. The van der Waals surface area contributed by atoms with Crippen molar-refractivity contribution in [3.63, 3.8) is 0 Å². The van der Waals surface area contributed by atoms with Crippen LogP contribution in [0.1, 0.15) is 30.9 Å². The molecule has 16 heavy (non-hydrogen) atoms. The van der Waals surface area contributed by atoms with Crippen LogP contribution in [0.15, 0.2) is 18.2 Å². The predicted octanol–water partition coefficient (Wildman–Crippen LogP) is 1.82. The van der Waals surface area contributed by atoms with Gasteiger partial charge in [-0.05, 0) is 55.9 Å². The Morgan fingerprint density at radius 1 is 1.31 bits per heavy atom. The number of ether oxygens (including phenoxy) is 1. The van der Waals surface area contributed by atoms with Crippen molar-refractivity contribution in [1.29, 1.82) is 0 Å². The third-order valence-corrected chi connectivity index (χ3v) is 2.91. The molecule has 3 nitrogen and oxygen atoms in total. The molecular formula is C13H17NO2. The molecule has 86 valence electrons. The SMILES string of the molecule is C[C@H](N)C(=O)Oc1ccc2c(c1)CCCC2. The van der Waals surface area contributed by atoms with E-state index in [0.29, 0.717) is 5.75 Å². The molecule has 0 radical (unpaired) electrons. The van der Waals surface area contributed by atoms with Crippen LogP contribution in [0.3, 0.4) is 0 Å². The first-order valence-electron chi connectivity index (χ1n) is 5.76. The summed E-state index contributed by atoms with van der Waals surface area (Å²) in [5.74, 6) is 0.235. The van der Waals surface area contributed by atoms with Gasteiger partial charge in [0.1, 0.15) is 11.8 Å². The number of carbonyl (C=O) groups is 1. The lowest BCUT2D eigenvalue weighted by Gasteiger charge is -2.16. The molecule has 3 heteroatoms. The van der Waals surface area contributed by atoms with Crippen molar-refractivity contribution in [2.24, 2.45) is 5.73 Å². The standard InChI is InChI=1S/C13H17NO2/c1-9(14)13(15)16-12-7-6-10-4-2-3-5-11(10)8-12/h6-9H,2-5,14H2,1H3/t9-/m0/s1. The van der Waals surface area contributed by atoms with Gasteiger partial charge in [-0.3, -0.25) is 0 Å². The van der Waals surface area contributed by atoms with E-state index in [1.54, 1.807) is 6.92 Å². The highest BCUT2D eigenvalue weighted by Crippen LogP contribution is 2.25. The summed E-state index contributed by atoms with van der Waals surface area (Å²) in [4.78, 5) is 11.3. The van der Waals surface area contributed by atoms with Gasteiger partial charge in [0.15, 0.2) is 0 Å². The minimum atomic E-state index is -0.573. The molecule has 0 aliphatic heterocycles. The van der Waals surface area contributed by atoms with Gasteiger partial charge in [-0.2, -0.15) is 0 Å². The molecule has 1 aliphatic carbocycles. The Hall–Kier alpha value is -1.35. The average Bonchev–Trinajstić information content (AvgIpc) is 2.28. The first-order chi connectivity index (χ1) is 7.66. The Kier molecular flexibility index (Phi) is 3.25. The molecule has 0 fully saturated rings. The number of esters is 1. The van der Waals surface area contributed by atoms with Crippen molar-refractivity contribution in [3.05, 3.63) is 29.3 Å². The number of benzene rings is 1. The van der Waals surface area contributed by atoms with Gasteiger partial charge in [0.2, 0.25) is 0 Å². The van der Waals surface area contributed by atoms with Crippen molar-refractivity contribution in [1.82, 2.24) is 0 Å². The maximum Gasteiger partial charge on any atom is 0.328 e. The van der Waals surface area contributed by atoms with E-state index in [4.69, 9.17) is 10.5 Å². The third kappa shape index (κ3) is 2.42. The molecule has 0 spiro atoms. The highest BCUT2D eigenvalue weighted by molar-refractivity contribution is 5.77. The van der Waals surface area contributed by atoms with Gasteiger partial charge in [0.25, 0.3) is 0 Å². The molecule has 0 heterocycles. The number of aryl methyl sites for hydroxylation is 2. The Morgan fingerprint density at radius 3 is 2.69 bits per heavy atom. The van der Waals surface area contributed by atoms with Crippen molar-refractivity contribution >= 4 is 5.97 Å². The number of carbonyl (C=O) groups excluding carboxylic acids is 1. The molecule has 1 aromatic rings. The van der Waals surface area contributed by atoms with Crippen molar-refractivity contribution < 1.29 is 9.53 Å². The summed E-state index contributed by atoms with van der Waals surface area (Å²) in [5, 5.41) is 0. The number of nitrogens with two attached hydrogens (primary N) is 1. The minimum Gasteiger partial charge on any atom is -0.425 e. The molecule has 0 amide bonds. The maximum absolute atomic E-state index is 11.3. The number of fused-ring (bicyclic) bond motifs is 1. The Bertz CT molecular complexity index is 399. The van der Waals surface area contributed by atoms with Crippen molar-refractivity contribution in [3.8, 4) is 5.75 Å². The van der Waals surface area contributed by atoms with Crippen LogP contribution in [0.25, 0.3) is 0 Å². The Morgan fingerprint density at radius 2 is 2.00 bits per heavy atom. The maximum atomic E-state index is 11.3. The van der Waals surface area contributed by atoms with Gasteiger partial charge in [0.05, 0.1) is 0 Å². The predicted molar refractivity (Wildman–Crippen MR) is 62.4 cm³/mol. The molecule has 2 rings (SSSR count). The fourth-order valence-electron chi connectivity index (χ4n) is 1.98. The van der Waals surface area contributed by atoms with Gasteiger partial charge in [-0.1, -0.05) is 6.07 Å². The average molecular weight is 219 g/mol. The van der Waals surface area contributed by atoms with Crippen LogP contribution in [0, 0.1) is 0 Å². The van der Waals surface area contributed by atoms with Gasteiger partial charge < -0.3 is 10.5 Å². The molecule has 1 aromatic carbocycles. The highest BCUT2D eigenvalue weighted by Gasteiger charge is 2.13. The van der Waals surface area contributed by atoms with E-state index in [1.165, 1.54) is 24.0 Å². The number of hydrogen-bond donors (Lipinski definition) is 1. The molecule has 0 aromatic heterocycles. The highest BCUT2D eigenvalue weighted by atomic mass is 16.5. The quantitative estimate of drug-likeness (QED) is 0.609. The summed E-state index contributed by atoms with van der Waals surface area (Å²) in [7, 11) is 0. The molecule has 0 bridgehead atoms. The third-order valence-electron chi connectivity index (χ3n) is 2.91. The summed E-state index contributed by atoms with van der Waals surface area (Å²) in [5.41, 5.74) is 8.14. The van der Waals surface area contributed by atoms with Crippen LogP contribution in [-0.4, -0.2) is 12.0 Å². The first-order valence-corrected chi connectivity index (χ1v) is 5.76. The fourth-order valence-corrected chi connectivity index (χ4v) is 1.98. The molecule has 0 saturated heterocycles. The van der Waals surface area contributed by atoms with E-state index < -0.39 is 6.04 Å². The summed E-state index contributed by atoms with van der Waals surface area (Å²) in [6, 6.07) is 5.30. The molecule has 0 saturated carbocycles. The van der Waals surface area contributed by atoms with E-state index >= 15 is 0 Å². The number of hydrogen-bond acceptors (Lipinski definition) is 3. The van der Waals surface area contributed by atoms with Crippen molar-refractivity contribution in [2.75, 3.05) is 0 Å².